The summed E-state index contributed by atoms with van der Waals surface area (Å²) in [7, 11) is -1.27. The molecule has 0 aromatic heterocycles. The van der Waals surface area contributed by atoms with E-state index in [0.717, 1.165) is 31.6 Å². The smallest absolute Gasteiger partial charge is 0.214 e. The van der Waals surface area contributed by atoms with Crippen LogP contribution in [0.3, 0.4) is 0 Å². The summed E-state index contributed by atoms with van der Waals surface area (Å²) in [6.07, 6.45) is 3.89. The predicted octanol–water partition coefficient (Wildman–Crippen LogP) is 0.744. The lowest BCUT2D eigenvalue weighted by Gasteiger charge is -2.27. The van der Waals surface area contributed by atoms with E-state index >= 15 is 0 Å². The fraction of sp³-hybridized carbons (Fsp3) is 0.588. The Labute approximate surface area is 144 Å². The van der Waals surface area contributed by atoms with Crippen molar-refractivity contribution in [2.45, 2.75) is 31.7 Å². The topological polar surface area (TPSA) is 73.8 Å². The van der Waals surface area contributed by atoms with Crippen molar-refractivity contribution in [2.75, 3.05) is 32.4 Å². The Kier molecular flexibility index (Phi) is 5.40. The molecule has 0 saturated carbocycles. The first-order valence-electron chi connectivity index (χ1n) is 8.60. The number of aryl methyl sites for hydroxylation is 1. The van der Waals surface area contributed by atoms with Crippen molar-refractivity contribution in [3.63, 3.8) is 0 Å². The van der Waals surface area contributed by atoms with Crippen LogP contribution in [0.15, 0.2) is 29.3 Å². The normalized spacial score (nSPS) is 23.7. The average molecular weight is 350 g/mol. The Hall–Kier alpha value is -1.60. The molecule has 6 nitrogen and oxygen atoms in total. The predicted molar refractivity (Wildman–Crippen MR) is 96.7 cm³/mol. The van der Waals surface area contributed by atoms with Gasteiger partial charge in [0.15, 0.2) is 5.96 Å². The van der Waals surface area contributed by atoms with Gasteiger partial charge in [-0.15, -0.1) is 0 Å². The van der Waals surface area contributed by atoms with Crippen molar-refractivity contribution in [1.29, 1.82) is 0 Å². The second kappa shape index (κ2) is 7.53. The van der Waals surface area contributed by atoms with Crippen molar-refractivity contribution in [3.8, 4) is 0 Å². The summed E-state index contributed by atoms with van der Waals surface area (Å²) in [6, 6.07) is 8.94. The minimum absolute atomic E-state index is 0.279. The second-order valence-corrected chi connectivity index (χ2v) is 8.51. The molecule has 1 unspecified atom stereocenters. The molecule has 1 fully saturated rings. The van der Waals surface area contributed by atoms with Crippen molar-refractivity contribution >= 4 is 16.0 Å². The second-order valence-electron chi connectivity index (χ2n) is 6.42. The van der Waals surface area contributed by atoms with Crippen LogP contribution < -0.4 is 10.6 Å². The molecule has 1 aliphatic carbocycles. The maximum Gasteiger partial charge on any atom is 0.214 e. The number of hydrogen-bond donors (Lipinski definition) is 2. The summed E-state index contributed by atoms with van der Waals surface area (Å²) in [5.74, 6) is 1.03. The van der Waals surface area contributed by atoms with E-state index in [1.165, 1.54) is 11.1 Å². The van der Waals surface area contributed by atoms with Gasteiger partial charge < -0.3 is 10.6 Å². The number of benzene rings is 1. The third kappa shape index (κ3) is 4.08. The lowest BCUT2D eigenvalue weighted by molar-refractivity contribution is 0.443. The monoisotopic (exact) mass is 350 g/mol. The largest absolute Gasteiger partial charge is 0.355 e. The van der Waals surface area contributed by atoms with E-state index in [4.69, 9.17) is 0 Å². The van der Waals surface area contributed by atoms with Crippen LogP contribution >= 0.6 is 0 Å². The van der Waals surface area contributed by atoms with Gasteiger partial charge in [-0.05, 0) is 36.8 Å². The van der Waals surface area contributed by atoms with Gasteiger partial charge in [-0.25, -0.2) is 12.7 Å². The molecule has 1 aliphatic heterocycles. The zero-order valence-electron chi connectivity index (χ0n) is 14.2. The molecule has 132 valence electrons. The Morgan fingerprint density at radius 3 is 2.83 bits per heavy atom. The van der Waals surface area contributed by atoms with Gasteiger partial charge in [-0.1, -0.05) is 24.3 Å². The van der Waals surface area contributed by atoms with Gasteiger partial charge in [-0.3, -0.25) is 4.99 Å². The first-order chi connectivity index (χ1) is 11.6. The summed E-state index contributed by atoms with van der Waals surface area (Å²) < 4.78 is 25.1. The van der Waals surface area contributed by atoms with Crippen LogP contribution in [0.1, 0.15) is 24.0 Å². The molecule has 0 bridgehead atoms. The molecule has 1 saturated heterocycles. The van der Waals surface area contributed by atoms with E-state index in [1.807, 2.05) is 0 Å². The van der Waals surface area contributed by atoms with Crippen LogP contribution in [0.4, 0.5) is 0 Å². The SMILES string of the molecule is CN=C(NCCN1CCCS1(=O)=O)NC1CCc2ccccc2C1. The van der Waals surface area contributed by atoms with Gasteiger partial charge in [0.2, 0.25) is 10.0 Å². The Balaban J connectivity index is 1.48. The molecule has 2 aliphatic rings. The highest BCUT2D eigenvalue weighted by Gasteiger charge is 2.27. The number of guanidine groups is 1. The molecular weight excluding hydrogens is 324 g/mol. The van der Waals surface area contributed by atoms with E-state index < -0.39 is 10.0 Å². The van der Waals surface area contributed by atoms with Crippen molar-refractivity contribution in [3.05, 3.63) is 35.4 Å². The van der Waals surface area contributed by atoms with Crippen LogP contribution in [0.25, 0.3) is 0 Å². The number of rotatable bonds is 4. The molecule has 1 aromatic carbocycles. The quantitative estimate of drug-likeness (QED) is 0.621. The fourth-order valence-electron chi connectivity index (χ4n) is 3.45. The summed E-state index contributed by atoms with van der Waals surface area (Å²) in [5.41, 5.74) is 2.84. The first-order valence-corrected chi connectivity index (χ1v) is 10.2. The molecular formula is C17H26N4O2S. The van der Waals surface area contributed by atoms with Crippen LogP contribution in [-0.2, 0) is 22.9 Å². The Morgan fingerprint density at radius 2 is 2.12 bits per heavy atom. The highest BCUT2D eigenvalue weighted by Crippen LogP contribution is 2.20. The number of hydrogen-bond acceptors (Lipinski definition) is 3. The molecule has 1 heterocycles. The van der Waals surface area contributed by atoms with Crippen LogP contribution in [0, 0.1) is 0 Å². The van der Waals surface area contributed by atoms with Gasteiger partial charge in [0.1, 0.15) is 0 Å². The molecule has 7 heteroatoms. The van der Waals surface area contributed by atoms with Crippen molar-refractivity contribution < 1.29 is 8.42 Å². The zero-order chi connectivity index (χ0) is 17.0. The molecule has 1 atom stereocenters. The minimum atomic E-state index is -3.02. The molecule has 2 N–H and O–H groups in total. The Bertz CT molecular complexity index is 702. The molecule has 24 heavy (non-hydrogen) atoms. The molecule has 1 aromatic rings. The molecule has 0 amide bonds. The van der Waals surface area contributed by atoms with E-state index in [2.05, 4.69) is 39.9 Å². The van der Waals surface area contributed by atoms with Gasteiger partial charge in [-0.2, -0.15) is 0 Å². The maximum absolute atomic E-state index is 11.8. The van der Waals surface area contributed by atoms with Gasteiger partial charge in [0, 0.05) is 32.7 Å². The number of nitrogens with one attached hydrogen (secondary N) is 2. The number of aliphatic imine (C=N–C) groups is 1. The van der Waals surface area contributed by atoms with Crippen LogP contribution in [-0.4, -0.2) is 57.2 Å². The Morgan fingerprint density at radius 1 is 1.33 bits per heavy atom. The summed E-state index contributed by atoms with van der Waals surface area (Å²) in [4.78, 5) is 4.27. The van der Waals surface area contributed by atoms with Crippen molar-refractivity contribution in [2.24, 2.45) is 4.99 Å². The van der Waals surface area contributed by atoms with Gasteiger partial charge >= 0.3 is 0 Å². The summed E-state index contributed by atoms with van der Waals surface area (Å²) in [5, 5.41) is 6.70. The number of nitrogens with zero attached hydrogens (tertiary/aromatic N) is 2. The zero-order valence-corrected chi connectivity index (χ0v) is 15.0. The number of sulfonamides is 1. The van der Waals surface area contributed by atoms with Crippen LogP contribution in [0.5, 0.6) is 0 Å². The molecule has 0 radical (unpaired) electrons. The summed E-state index contributed by atoms with van der Waals surface area (Å²) in [6.45, 7) is 1.70. The van der Waals surface area contributed by atoms with Gasteiger partial charge in [0.25, 0.3) is 0 Å². The molecule has 3 rings (SSSR count). The standard InChI is InChI=1S/C17H26N4O2S/c1-18-17(19-9-11-21-10-4-12-24(21,22)23)20-16-8-7-14-5-2-3-6-15(14)13-16/h2-3,5-6,16H,4,7-13H2,1H3,(H2,18,19,20). The highest BCUT2D eigenvalue weighted by atomic mass is 32.2. The van der Waals surface area contributed by atoms with Crippen molar-refractivity contribution in [1.82, 2.24) is 14.9 Å². The third-order valence-electron chi connectivity index (χ3n) is 4.77. The minimum Gasteiger partial charge on any atom is -0.355 e. The maximum atomic E-state index is 11.8. The van der Waals surface area contributed by atoms with E-state index in [0.29, 0.717) is 25.7 Å². The van der Waals surface area contributed by atoms with E-state index in [9.17, 15) is 8.42 Å². The first kappa shape index (κ1) is 17.2. The number of fused-ring (bicyclic) bond motifs is 1. The van der Waals surface area contributed by atoms with Gasteiger partial charge in [0.05, 0.1) is 5.75 Å². The van der Waals surface area contributed by atoms with E-state index in [1.54, 1.807) is 11.4 Å². The van der Waals surface area contributed by atoms with E-state index in [-0.39, 0.29) is 5.75 Å². The lowest BCUT2D eigenvalue weighted by Crippen LogP contribution is -2.47. The lowest BCUT2D eigenvalue weighted by atomic mass is 9.88. The fourth-order valence-corrected chi connectivity index (χ4v) is 4.98. The van der Waals surface area contributed by atoms with Crippen LogP contribution in [0.2, 0.25) is 0 Å². The average Bonchev–Trinajstić information content (AvgIpc) is 2.92. The highest BCUT2D eigenvalue weighted by molar-refractivity contribution is 7.89. The third-order valence-corrected chi connectivity index (χ3v) is 6.72. The molecule has 0 spiro atoms. The summed E-state index contributed by atoms with van der Waals surface area (Å²) >= 11 is 0.